The van der Waals surface area contributed by atoms with Crippen molar-refractivity contribution >= 4 is 17.9 Å². The zero-order valence-electron chi connectivity index (χ0n) is 8.17. The Hall–Kier alpha value is -0.423. The van der Waals surface area contributed by atoms with Gasteiger partial charge in [0.1, 0.15) is 0 Å². The van der Waals surface area contributed by atoms with Crippen LogP contribution in [0.5, 0.6) is 0 Å². The Balaban J connectivity index is -0.000000240. The predicted octanol–water partition coefficient (Wildman–Crippen LogP) is -4.04. The van der Waals surface area contributed by atoms with Crippen LogP contribution in [-0.2, 0) is 58.8 Å². The zero-order chi connectivity index (χ0) is 10.6. The SMILES string of the molecule is O=C([O-])CC(O)(CC(=O)[O-])C(=O)O.[O-2].[Zn+2].[Zn+2]. The van der Waals surface area contributed by atoms with Gasteiger partial charge in [0.05, 0.1) is 0 Å². The second kappa shape index (κ2) is 9.78. The fourth-order valence-electron chi connectivity index (χ4n) is 0.691. The molecule has 16 heavy (non-hydrogen) atoms. The van der Waals surface area contributed by atoms with Crippen LogP contribution >= 0.6 is 0 Å². The number of aliphatic carboxylic acids is 3. The average molecular weight is 337 g/mol. The monoisotopic (exact) mass is 334 g/mol. The van der Waals surface area contributed by atoms with E-state index in [2.05, 4.69) is 0 Å². The molecule has 0 bridgehead atoms. The van der Waals surface area contributed by atoms with Gasteiger partial charge < -0.3 is 35.5 Å². The molecular formula is C6H6O8Zn2. The summed E-state index contributed by atoms with van der Waals surface area (Å²) in [6.07, 6.45) is -2.59. The molecule has 0 rings (SSSR count). The van der Waals surface area contributed by atoms with Crippen LogP contribution in [-0.4, -0.2) is 33.7 Å². The maximum atomic E-state index is 10.3. The second-order valence-electron chi connectivity index (χ2n) is 2.43. The molecule has 0 saturated carbocycles. The van der Waals surface area contributed by atoms with Gasteiger partial charge in [-0.05, 0) is 0 Å². The minimum Gasteiger partial charge on any atom is -2.00 e. The van der Waals surface area contributed by atoms with E-state index in [1.54, 1.807) is 0 Å². The van der Waals surface area contributed by atoms with Crippen LogP contribution in [0.3, 0.4) is 0 Å². The number of hydrogen-bond donors (Lipinski definition) is 2. The van der Waals surface area contributed by atoms with Crippen molar-refractivity contribution < 1.29 is 79.2 Å². The summed E-state index contributed by atoms with van der Waals surface area (Å²) >= 11 is 0. The van der Waals surface area contributed by atoms with E-state index in [9.17, 15) is 24.6 Å². The fourth-order valence-corrected chi connectivity index (χ4v) is 0.691. The van der Waals surface area contributed by atoms with E-state index in [1.165, 1.54) is 0 Å². The minimum absolute atomic E-state index is 0. The van der Waals surface area contributed by atoms with Crippen molar-refractivity contribution in [2.75, 3.05) is 0 Å². The van der Waals surface area contributed by atoms with Gasteiger partial charge in [-0.1, -0.05) is 0 Å². The number of carboxylic acids is 3. The molecule has 0 heterocycles. The summed E-state index contributed by atoms with van der Waals surface area (Å²) in [5.74, 6) is -5.65. The maximum absolute atomic E-state index is 10.3. The van der Waals surface area contributed by atoms with Crippen molar-refractivity contribution in [2.24, 2.45) is 0 Å². The molecule has 82 valence electrons. The van der Waals surface area contributed by atoms with Crippen molar-refractivity contribution in [2.45, 2.75) is 18.4 Å². The van der Waals surface area contributed by atoms with Crippen LogP contribution < -0.4 is 10.2 Å². The number of aliphatic hydroxyl groups is 1. The number of rotatable bonds is 5. The van der Waals surface area contributed by atoms with Crippen LogP contribution in [0.4, 0.5) is 0 Å². The summed E-state index contributed by atoms with van der Waals surface area (Å²) < 4.78 is 0. The molecule has 2 N–H and O–H groups in total. The van der Waals surface area contributed by atoms with E-state index in [-0.39, 0.29) is 44.4 Å². The van der Waals surface area contributed by atoms with Gasteiger partial charge in [0.15, 0.2) is 5.60 Å². The number of carbonyl (C=O) groups is 3. The summed E-state index contributed by atoms with van der Waals surface area (Å²) in [6, 6.07) is 0. The summed E-state index contributed by atoms with van der Waals surface area (Å²) in [5.41, 5.74) is -2.86. The van der Waals surface area contributed by atoms with Gasteiger partial charge in [0.2, 0.25) is 0 Å². The van der Waals surface area contributed by atoms with Gasteiger partial charge in [0.25, 0.3) is 0 Å². The van der Waals surface area contributed by atoms with Crippen molar-refractivity contribution in [3.05, 3.63) is 0 Å². The van der Waals surface area contributed by atoms with Crippen molar-refractivity contribution in [3.8, 4) is 0 Å². The van der Waals surface area contributed by atoms with Crippen molar-refractivity contribution in [1.82, 2.24) is 0 Å². The van der Waals surface area contributed by atoms with Crippen LogP contribution in [0.2, 0.25) is 0 Å². The Morgan fingerprint density at radius 1 is 1.00 bits per heavy atom. The van der Waals surface area contributed by atoms with E-state index in [4.69, 9.17) is 10.2 Å². The predicted molar refractivity (Wildman–Crippen MR) is 32.5 cm³/mol. The Kier molecular flexibility index (Phi) is 15.1. The fraction of sp³-hybridized carbons (Fsp3) is 0.500. The average Bonchev–Trinajstić information content (AvgIpc) is 1.82. The minimum atomic E-state index is -2.86. The summed E-state index contributed by atoms with van der Waals surface area (Å²) in [5, 5.41) is 37.2. The first-order valence-electron chi connectivity index (χ1n) is 3.13. The van der Waals surface area contributed by atoms with Crippen LogP contribution in [0.25, 0.3) is 0 Å². The number of carbonyl (C=O) groups excluding carboxylic acids is 2. The van der Waals surface area contributed by atoms with Crippen LogP contribution in [0, 0.1) is 0 Å². The van der Waals surface area contributed by atoms with Gasteiger partial charge in [0, 0.05) is 24.8 Å². The molecule has 0 aliphatic heterocycles. The molecule has 0 radical (unpaired) electrons. The molecule has 0 saturated heterocycles. The first kappa shape index (κ1) is 24.7. The molecule has 0 amide bonds. The van der Waals surface area contributed by atoms with Gasteiger partial charge in [-0.25, -0.2) is 4.79 Å². The van der Waals surface area contributed by atoms with E-state index >= 15 is 0 Å². The molecule has 0 atom stereocenters. The normalized spacial score (nSPS) is 8.81. The van der Waals surface area contributed by atoms with Gasteiger partial charge >= 0.3 is 44.9 Å². The molecule has 0 unspecified atom stereocenters. The molecule has 8 nitrogen and oxygen atoms in total. The molecule has 0 fully saturated rings. The van der Waals surface area contributed by atoms with E-state index in [0.29, 0.717) is 0 Å². The van der Waals surface area contributed by atoms with Crippen molar-refractivity contribution in [3.63, 3.8) is 0 Å². The third-order valence-electron chi connectivity index (χ3n) is 1.27. The first-order chi connectivity index (χ1) is 5.78. The summed E-state index contributed by atoms with van der Waals surface area (Å²) in [4.78, 5) is 30.2. The Morgan fingerprint density at radius 2 is 1.25 bits per heavy atom. The zero-order valence-corrected chi connectivity index (χ0v) is 14.1. The van der Waals surface area contributed by atoms with E-state index < -0.39 is 36.4 Å². The Bertz CT molecular complexity index is 237. The standard InChI is InChI=1S/C6H8O7.O.2Zn/c7-3(8)1-6(13,5(11)12)2-4(9)10;;;/h13H,1-2H2,(H,7,8)(H,9,10)(H,11,12);;;/q;-2;2*+2/p-2. The second-order valence-corrected chi connectivity index (χ2v) is 2.43. The topological polar surface area (TPSA) is 166 Å². The molecular weight excluding hydrogens is 331 g/mol. The molecule has 0 aromatic rings. The van der Waals surface area contributed by atoms with Gasteiger partial charge in [-0.15, -0.1) is 0 Å². The quantitative estimate of drug-likeness (QED) is 0.482. The van der Waals surface area contributed by atoms with E-state index in [0.717, 1.165) is 0 Å². The third kappa shape index (κ3) is 8.85. The molecule has 0 aliphatic carbocycles. The van der Waals surface area contributed by atoms with Crippen molar-refractivity contribution in [1.29, 1.82) is 0 Å². The number of hydrogen-bond acceptors (Lipinski definition) is 6. The van der Waals surface area contributed by atoms with Crippen LogP contribution in [0.1, 0.15) is 12.8 Å². The maximum Gasteiger partial charge on any atom is 2.00 e. The molecule has 0 spiro atoms. The van der Waals surface area contributed by atoms with Gasteiger partial charge in [-0.3, -0.25) is 0 Å². The molecule has 0 aromatic carbocycles. The van der Waals surface area contributed by atoms with Gasteiger partial charge in [-0.2, -0.15) is 0 Å². The Labute approximate surface area is 115 Å². The third-order valence-corrected chi connectivity index (χ3v) is 1.27. The van der Waals surface area contributed by atoms with Crippen LogP contribution in [0.15, 0.2) is 0 Å². The Morgan fingerprint density at radius 3 is 1.38 bits per heavy atom. The van der Waals surface area contributed by atoms with E-state index in [1.807, 2.05) is 0 Å². The molecule has 10 heteroatoms. The largest absolute Gasteiger partial charge is 2.00 e. The number of carboxylic acid groups (broad SMARTS) is 3. The smallest absolute Gasteiger partial charge is 2.00 e. The first-order valence-corrected chi connectivity index (χ1v) is 3.13. The summed E-state index contributed by atoms with van der Waals surface area (Å²) in [7, 11) is 0. The summed E-state index contributed by atoms with van der Waals surface area (Å²) in [6.45, 7) is 0. The molecule has 0 aliphatic rings. The molecule has 0 aromatic heterocycles.